The van der Waals surface area contributed by atoms with Crippen LogP contribution >= 0.6 is 0 Å². The molecule has 5 heterocycles. The fourth-order valence-corrected chi connectivity index (χ4v) is 5.98. The zero-order chi connectivity index (χ0) is 28.5. The molecule has 0 saturated carbocycles. The molecule has 0 spiro atoms. The first-order valence-electron chi connectivity index (χ1n) is 13.7. The molecule has 1 N–H and O–H groups in total. The molecule has 0 unspecified atom stereocenters. The number of pyridine rings is 3. The molecule has 214 valence electrons. The molecule has 1 saturated heterocycles. The highest BCUT2D eigenvalue weighted by atomic mass is 16.6. The number of nitrogens with zero attached hydrogens (tertiary/aromatic N) is 5. The summed E-state index contributed by atoms with van der Waals surface area (Å²) in [6.45, 7) is 10.6. The summed E-state index contributed by atoms with van der Waals surface area (Å²) in [5.74, 6) is 1.79. The van der Waals surface area contributed by atoms with Crippen molar-refractivity contribution in [3.8, 4) is 17.2 Å². The zero-order valence-electron chi connectivity index (χ0n) is 23.6. The van der Waals surface area contributed by atoms with E-state index < -0.39 is 6.09 Å². The number of aromatic nitrogens is 3. The van der Waals surface area contributed by atoms with Gasteiger partial charge in [-0.05, 0) is 26.8 Å². The van der Waals surface area contributed by atoms with Crippen molar-refractivity contribution in [2.24, 2.45) is 0 Å². The van der Waals surface area contributed by atoms with Crippen LogP contribution in [0.3, 0.4) is 0 Å². The van der Waals surface area contributed by atoms with Crippen LogP contribution in [0.15, 0.2) is 41.5 Å². The number of carboxylic acid groups (broad SMARTS) is 1. The van der Waals surface area contributed by atoms with Gasteiger partial charge in [0.15, 0.2) is 11.5 Å². The lowest BCUT2D eigenvalue weighted by molar-refractivity contribution is -0.975. The van der Waals surface area contributed by atoms with E-state index in [2.05, 4.69) is 30.7 Å². The number of rotatable bonds is 7. The minimum Gasteiger partial charge on any atom is -0.495 e. The van der Waals surface area contributed by atoms with Crippen molar-refractivity contribution in [2.45, 2.75) is 58.3 Å². The lowest BCUT2D eigenvalue weighted by Crippen LogP contribution is -2.66. The number of piperidine rings is 1. The van der Waals surface area contributed by atoms with Crippen molar-refractivity contribution in [3.05, 3.63) is 52.7 Å². The molecule has 0 radical (unpaired) electrons. The Labute approximate surface area is 233 Å². The summed E-state index contributed by atoms with van der Waals surface area (Å²) in [6, 6.07) is 6.80. The number of hydrogen-bond acceptors (Lipinski definition) is 7. The number of methoxy groups -OCH3 is 1. The highest BCUT2D eigenvalue weighted by molar-refractivity contribution is 5.75. The highest BCUT2D eigenvalue weighted by Crippen LogP contribution is 2.34. The molecule has 0 aromatic carbocycles. The van der Waals surface area contributed by atoms with Gasteiger partial charge in [0.1, 0.15) is 19.0 Å². The maximum absolute atomic E-state index is 12.9. The molecule has 2 aliphatic heterocycles. The Morgan fingerprint density at radius 3 is 2.52 bits per heavy atom. The van der Waals surface area contributed by atoms with Crippen molar-refractivity contribution in [1.29, 1.82) is 0 Å². The van der Waals surface area contributed by atoms with Gasteiger partial charge in [-0.1, -0.05) is 0 Å². The largest absolute Gasteiger partial charge is 0.495 e. The fraction of sp³-hybridized carbons (Fsp3) is 0.517. The van der Waals surface area contributed by atoms with Gasteiger partial charge < -0.3 is 28.4 Å². The molecule has 11 nitrogen and oxygen atoms in total. The summed E-state index contributed by atoms with van der Waals surface area (Å²) in [5, 5.41) is 10.1. The van der Waals surface area contributed by atoms with Gasteiger partial charge in [0.05, 0.1) is 74.5 Å². The van der Waals surface area contributed by atoms with Gasteiger partial charge in [0.25, 0.3) is 5.56 Å². The Kier molecular flexibility index (Phi) is 7.59. The number of hydrogen-bond donors (Lipinski definition) is 1. The quantitative estimate of drug-likeness (QED) is 0.443. The average molecular weight is 553 g/mol. The summed E-state index contributed by atoms with van der Waals surface area (Å²) >= 11 is 0. The number of fused-ring (bicyclic) bond motifs is 2. The van der Waals surface area contributed by atoms with E-state index in [4.69, 9.17) is 14.2 Å². The van der Waals surface area contributed by atoms with Gasteiger partial charge in [0.2, 0.25) is 0 Å². The topological polar surface area (TPSA) is 116 Å². The van der Waals surface area contributed by atoms with Crippen LogP contribution < -0.4 is 19.8 Å². The van der Waals surface area contributed by atoms with Crippen LogP contribution in [-0.2, 0) is 13.1 Å². The molecular formula is C29H38N5O6+. The zero-order valence-corrected chi connectivity index (χ0v) is 23.6. The van der Waals surface area contributed by atoms with Crippen molar-refractivity contribution in [3.63, 3.8) is 0 Å². The first kappa shape index (κ1) is 27.7. The molecule has 0 aliphatic carbocycles. The second-order valence-corrected chi connectivity index (χ2v) is 11.6. The van der Waals surface area contributed by atoms with E-state index in [9.17, 15) is 14.7 Å². The first-order chi connectivity index (χ1) is 19.1. The number of amides is 1. The lowest BCUT2D eigenvalue weighted by Gasteiger charge is -2.53. The Morgan fingerprint density at radius 1 is 1.12 bits per heavy atom. The highest BCUT2D eigenvalue weighted by Gasteiger charge is 2.45. The molecule has 1 fully saturated rings. The maximum Gasteiger partial charge on any atom is 0.407 e. The summed E-state index contributed by atoms with van der Waals surface area (Å²) in [5.41, 5.74) is 1.95. The monoisotopic (exact) mass is 552 g/mol. The number of carbonyl (C=O) groups is 1. The van der Waals surface area contributed by atoms with E-state index >= 15 is 0 Å². The predicted molar refractivity (Wildman–Crippen MR) is 149 cm³/mol. The summed E-state index contributed by atoms with van der Waals surface area (Å²) in [4.78, 5) is 35.7. The van der Waals surface area contributed by atoms with E-state index in [0.717, 1.165) is 35.2 Å². The summed E-state index contributed by atoms with van der Waals surface area (Å²) in [7, 11) is 1.59. The maximum atomic E-state index is 12.9. The molecule has 1 amide bonds. The predicted octanol–water partition coefficient (Wildman–Crippen LogP) is 3.53. The smallest absolute Gasteiger partial charge is 0.407 e. The third kappa shape index (κ3) is 5.42. The normalized spacial score (nSPS) is 20.8. The molecular weight excluding hydrogens is 514 g/mol. The third-order valence-electron chi connectivity index (χ3n) is 8.51. The van der Waals surface area contributed by atoms with Crippen LogP contribution in [-0.4, -0.2) is 86.7 Å². The van der Waals surface area contributed by atoms with Gasteiger partial charge >= 0.3 is 6.09 Å². The Morgan fingerprint density at radius 2 is 1.85 bits per heavy atom. The molecule has 40 heavy (non-hydrogen) atoms. The fourth-order valence-electron chi connectivity index (χ4n) is 5.98. The molecule has 3 aromatic rings. The third-order valence-corrected chi connectivity index (χ3v) is 8.51. The molecule has 0 atom stereocenters. The Hall–Kier alpha value is -3.86. The molecule has 0 bridgehead atoms. The minimum absolute atomic E-state index is 0.0755. The number of likely N-dealkylation sites (tertiary alicyclic amines) is 1. The van der Waals surface area contributed by atoms with Gasteiger partial charge in [-0.25, -0.2) is 4.79 Å². The second kappa shape index (κ2) is 11.0. The molecule has 3 aromatic heterocycles. The summed E-state index contributed by atoms with van der Waals surface area (Å²) < 4.78 is 19.1. The Bertz CT molecular complexity index is 1440. The lowest BCUT2D eigenvalue weighted by atomic mass is 9.92. The van der Waals surface area contributed by atoms with Crippen molar-refractivity contribution >= 4 is 17.1 Å². The van der Waals surface area contributed by atoms with E-state index in [1.165, 1.54) is 4.90 Å². The van der Waals surface area contributed by atoms with Crippen LogP contribution in [0, 0.1) is 0 Å². The van der Waals surface area contributed by atoms with Crippen molar-refractivity contribution in [1.82, 2.24) is 19.4 Å². The van der Waals surface area contributed by atoms with Crippen LogP contribution in [0.4, 0.5) is 4.79 Å². The second-order valence-electron chi connectivity index (χ2n) is 11.6. The first-order valence-corrected chi connectivity index (χ1v) is 13.7. The standard InChI is InChI=1S/C29H37N5O6/c1-29(2,3)34(12-9-32-24-16-22(38-4)17-31-23(24)5-6-27(32)35)10-7-21(8-11-34)33(28(36)37)19-20-15-25-26(18-30-20)40-14-13-39-25/h5-6,15-18,21H,7-14,19H2,1-4H3/p+1. The van der Waals surface area contributed by atoms with Gasteiger partial charge in [-0.3, -0.25) is 19.7 Å². The van der Waals surface area contributed by atoms with E-state index in [0.29, 0.717) is 55.5 Å². The van der Waals surface area contributed by atoms with E-state index in [1.54, 1.807) is 42.3 Å². The number of ether oxygens (including phenoxy) is 3. The Balaban J connectivity index is 1.33. The van der Waals surface area contributed by atoms with Gasteiger partial charge in [-0.2, -0.15) is 0 Å². The average Bonchev–Trinajstić information content (AvgIpc) is 2.94. The van der Waals surface area contributed by atoms with E-state index in [-0.39, 0.29) is 23.7 Å². The van der Waals surface area contributed by atoms with Crippen molar-refractivity contribution in [2.75, 3.05) is 40.0 Å². The van der Waals surface area contributed by atoms with Crippen LogP contribution in [0.25, 0.3) is 11.0 Å². The van der Waals surface area contributed by atoms with Crippen LogP contribution in [0.5, 0.6) is 17.2 Å². The molecule has 11 heteroatoms. The summed E-state index contributed by atoms with van der Waals surface area (Å²) in [6.07, 6.45) is 3.73. The SMILES string of the molecule is COc1cnc2ccc(=O)n(CC[N+]3(C(C)(C)C)CCC(N(Cc4cc5c(cn4)OCCO5)C(=O)O)CC3)c2c1. The molecule has 5 rings (SSSR count). The van der Waals surface area contributed by atoms with Crippen LogP contribution in [0.1, 0.15) is 39.3 Å². The van der Waals surface area contributed by atoms with Crippen LogP contribution in [0.2, 0.25) is 0 Å². The van der Waals surface area contributed by atoms with Crippen molar-refractivity contribution < 1.29 is 28.6 Å². The molecule has 2 aliphatic rings. The number of quaternary nitrogens is 1. The van der Waals surface area contributed by atoms with E-state index in [1.807, 2.05) is 6.07 Å². The van der Waals surface area contributed by atoms with Gasteiger partial charge in [-0.15, -0.1) is 0 Å². The van der Waals surface area contributed by atoms with Gasteiger partial charge in [0, 0.05) is 37.1 Å². The minimum atomic E-state index is -0.957.